The third kappa shape index (κ3) is 2.54. The predicted molar refractivity (Wildman–Crippen MR) is 74.6 cm³/mol. The first-order valence-electron chi connectivity index (χ1n) is 6.19. The zero-order valence-corrected chi connectivity index (χ0v) is 11.4. The van der Waals surface area contributed by atoms with Crippen LogP contribution in [0.3, 0.4) is 0 Å². The van der Waals surface area contributed by atoms with Gasteiger partial charge in [-0.1, -0.05) is 0 Å². The average molecular weight is 277 g/mol. The Bertz CT molecular complexity index is 724. The topological polar surface area (TPSA) is 71.1 Å². The molecule has 1 saturated carbocycles. The second kappa shape index (κ2) is 4.47. The number of nitrogens with one attached hydrogen (secondary N) is 2. The highest BCUT2D eigenvalue weighted by Gasteiger charge is 2.27. The van der Waals surface area contributed by atoms with Crippen LogP contribution in [-0.4, -0.2) is 26.5 Å². The van der Waals surface area contributed by atoms with E-state index in [4.69, 9.17) is 0 Å². The van der Waals surface area contributed by atoms with E-state index in [1.54, 1.807) is 25.2 Å². The van der Waals surface area contributed by atoms with E-state index in [0.717, 1.165) is 29.6 Å². The fourth-order valence-electron chi connectivity index (χ4n) is 1.90. The van der Waals surface area contributed by atoms with E-state index >= 15 is 0 Å². The van der Waals surface area contributed by atoms with Gasteiger partial charge < -0.3 is 5.32 Å². The lowest BCUT2D eigenvalue weighted by molar-refractivity contribution is 0.581. The van der Waals surface area contributed by atoms with Gasteiger partial charge in [-0.3, -0.25) is 0 Å². The maximum absolute atomic E-state index is 12.1. The van der Waals surface area contributed by atoms with Crippen molar-refractivity contribution in [3.8, 4) is 0 Å². The van der Waals surface area contributed by atoms with Crippen LogP contribution in [0.15, 0.2) is 35.2 Å². The number of fused-ring (bicyclic) bond motifs is 1. The maximum atomic E-state index is 12.1. The van der Waals surface area contributed by atoms with Gasteiger partial charge in [0.15, 0.2) is 0 Å². The first kappa shape index (κ1) is 12.4. The number of anilines is 1. The Labute approximate surface area is 112 Å². The van der Waals surface area contributed by atoms with E-state index < -0.39 is 10.0 Å². The van der Waals surface area contributed by atoms with Crippen LogP contribution < -0.4 is 10.0 Å². The quantitative estimate of drug-likeness (QED) is 0.892. The third-order valence-corrected chi connectivity index (χ3v) is 4.64. The van der Waals surface area contributed by atoms with Gasteiger partial charge >= 0.3 is 0 Å². The Morgan fingerprint density at radius 1 is 1.21 bits per heavy atom. The van der Waals surface area contributed by atoms with Crippen molar-refractivity contribution in [2.75, 3.05) is 12.4 Å². The molecule has 0 radical (unpaired) electrons. The van der Waals surface area contributed by atoms with Crippen molar-refractivity contribution >= 4 is 26.7 Å². The molecule has 100 valence electrons. The summed E-state index contributed by atoms with van der Waals surface area (Å²) in [7, 11) is -1.60. The molecular formula is C13H15N3O2S. The first-order valence-corrected chi connectivity index (χ1v) is 7.68. The molecule has 1 fully saturated rings. The number of hydrogen-bond acceptors (Lipinski definition) is 4. The summed E-state index contributed by atoms with van der Waals surface area (Å²) in [6, 6.07) is 8.80. The largest absolute Gasteiger partial charge is 0.373 e. The van der Waals surface area contributed by atoms with Crippen molar-refractivity contribution in [2.45, 2.75) is 23.8 Å². The van der Waals surface area contributed by atoms with E-state index in [-0.39, 0.29) is 6.04 Å². The molecule has 0 aliphatic heterocycles. The van der Waals surface area contributed by atoms with Crippen LogP contribution in [0.1, 0.15) is 12.8 Å². The van der Waals surface area contributed by atoms with Crippen molar-refractivity contribution in [3.05, 3.63) is 30.3 Å². The zero-order chi connectivity index (χ0) is 13.5. The lowest BCUT2D eigenvalue weighted by Crippen LogP contribution is -2.25. The van der Waals surface area contributed by atoms with Gasteiger partial charge in [-0.15, -0.1) is 0 Å². The van der Waals surface area contributed by atoms with Crippen molar-refractivity contribution in [1.29, 1.82) is 0 Å². The van der Waals surface area contributed by atoms with E-state index in [2.05, 4.69) is 15.0 Å². The van der Waals surface area contributed by atoms with Crippen LogP contribution >= 0.6 is 0 Å². The second-order valence-electron chi connectivity index (χ2n) is 4.70. The van der Waals surface area contributed by atoms with E-state index in [9.17, 15) is 8.42 Å². The summed E-state index contributed by atoms with van der Waals surface area (Å²) in [5.41, 5.74) is 0.775. The normalized spacial score (nSPS) is 15.6. The molecule has 1 aliphatic carbocycles. The van der Waals surface area contributed by atoms with Gasteiger partial charge in [0.1, 0.15) is 5.82 Å². The minimum atomic E-state index is -3.40. The highest BCUT2D eigenvalue weighted by Crippen LogP contribution is 2.24. The van der Waals surface area contributed by atoms with E-state index in [0.29, 0.717) is 4.90 Å². The van der Waals surface area contributed by atoms with Crippen LogP contribution in [0.4, 0.5) is 5.82 Å². The SMILES string of the molecule is CNc1ccc2cc(S(=O)(=O)NC3CC3)ccc2n1. The summed E-state index contributed by atoms with van der Waals surface area (Å²) < 4.78 is 26.9. The van der Waals surface area contributed by atoms with Crippen LogP contribution in [-0.2, 0) is 10.0 Å². The molecule has 0 spiro atoms. The predicted octanol–water partition coefficient (Wildman–Crippen LogP) is 1.72. The number of benzene rings is 1. The summed E-state index contributed by atoms with van der Waals surface area (Å²) in [6.07, 6.45) is 1.86. The van der Waals surface area contributed by atoms with Crippen molar-refractivity contribution in [2.24, 2.45) is 0 Å². The molecule has 2 aromatic rings. The fourth-order valence-corrected chi connectivity index (χ4v) is 3.24. The molecule has 0 atom stereocenters. The molecule has 6 heteroatoms. The number of pyridine rings is 1. The standard InChI is InChI=1S/C13H15N3O2S/c1-14-13-7-2-9-8-11(5-6-12(9)15-13)19(17,18)16-10-3-4-10/h2,5-8,10,16H,3-4H2,1H3,(H,14,15). The Morgan fingerprint density at radius 2 is 2.00 bits per heavy atom. The lowest BCUT2D eigenvalue weighted by atomic mass is 10.2. The summed E-state index contributed by atoms with van der Waals surface area (Å²) in [6.45, 7) is 0. The number of hydrogen-bond donors (Lipinski definition) is 2. The van der Waals surface area contributed by atoms with E-state index in [1.165, 1.54) is 0 Å². The second-order valence-corrected chi connectivity index (χ2v) is 6.41. The van der Waals surface area contributed by atoms with Crippen LogP contribution in [0.25, 0.3) is 10.9 Å². The molecule has 0 bridgehead atoms. The van der Waals surface area contributed by atoms with Crippen molar-refractivity contribution in [1.82, 2.24) is 9.71 Å². The highest BCUT2D eigenvalue weighted by atomic mass is 32.2. The number of sulfonamides is 1. The van der Waals surface area contributed by atoms with Crippen LogP contribution in [0.5, 0.6) is 0 Å². The number of aromatic nitrogens is 1. The molecule has 2 N–H and O–H groups in total. The maximum Gasteiger partial charge on any atom is 0.240 e. The van der Waals surface area contributed by atoms with Crippen LogP contribution in [0.2, 0.25) is 0 Å². The lowest BCUT2D eigenvalue weighted by Gasteiger charge is -2.07. The molecule has 1 heterocycles. The number of nitrogens with zero attached hydrogens (tertiary/aromatic N) is 1. The Hall–Kier alpha value is -1.66. The third-order valence-electron chi connectivity index (χ3n) is 3.13. The Balaban J connectivity index is 2.01. The molecular weight excluding hydrogens is 262 g/mol. The highest BCUT2D eigenvalue weighted by molar-refractivity contribution is 7.89. The summed E-state index contributed by atoms with van der Waals surface area (Å²) in [5.74, 6) is 0.763. The smallest absolute Gasteiger partial charge is 0.240 e. The molecule has 1 aromatic heterocycles. The Kier molecular flexibility index (Phi) is 2.91. The molecule has 1 aliphatic rings. The van der Waals surface area contributed by atoms with Gasteiger partial charge in [-0.25, -0.2) is 18.1 Å². The monoisotopic (exact) mass is 277 g/mol. The molecule has 0 unspecified atom stereocenters. The molecule has 1 aromatic carbocycles. The molecule has 19 heavy (non-hydrogen) atoms. The van der Waals surface area contributed by atoms with Gasteiger partial charge in [0, 0.05) is 18.5 Å². The molecule has 0 saturated heterocycles. The van der Waals surface area contributed by atoms with E-state index in [1.807, 2.05) is 12.1 Å². The summed E-state index contributed by atoms with van der Waals surface area (Å²) in [4.78, 5) is 4.66. The fraction of sp³-hybridized carbons (Fsp3) is 0.308. The minimum absolute atomic E-state index is 0.116. The molecule has 5 nitrogen and oxygen atoms in total. The zero-order valence-electron chi connectivity index (χ0n) is 10.6. The summed E-state index contributed by atoms with van der Waals surface area (Å²) in [5, 5.41) is 3.77. The number of rotatable bonds is 4. The summed E-state index contributed by atoms with van der Waals surface area (Å²) >= 11 is 0. The van der Waals surface area contributed by atoms with Crippen molar-refractivity contribution in [3.63, 3.8) is 0 Å². The van der Waals surface area contributed by atoms with Gasteiger partial charge in [-0.2, -0.15) is 0 Å². The molecule has 0 amide bonds. The minimum Gasteiger partial charge on any atom is -0.373 e. The first-order chi connectivity index (χ1) is 9.08. The average Bonchev–Trinajstić information content (AvgIpc) is 3.20. The van der Waals surface area contributed by atoms with Gasteiger partial charge in [0.2, 0.25) is 10.0 Å². The van der Waals surface area contributed by atoms with Crippen LogP contribution in [0, 0.1) is 0 Å². The van der Waals surface area contributed by atoms with Gasteiger partial charge in [-0.05, 0) is 43.2 Å². The van der Waals surface area contributed by atoms with Gasteiger partial charge in [0.25, 0.3) is 0 Å². The Morgan fingerprint density at radius 3 is 2.68 bits per heavy atom. The van der Waals surface area contributed by atoms with Gasteiger partial charge in [0.05, 0.1) is 10.4 Å². The molecule has 3 rings (SSSR count). The van der Waals surface area contributed by atoms with Crippen molar-refractivity contribution < 1.29 is 8.42 Å².